The Morgan fingerprint density at radius 2 is 1.70 bits per heavy atom. The van der Waals surface area contributed by atoms with Crippen molar-refractivity contribution in [2.75, 3.05) is 45.9 Å². The smallest absolute Gasteiger partial charge is 0.484 e. The number of rotatable bonds is 7. The van der Waals surface area contributed by atoms with E-state index in [4.69, 9.17) is 19.1 Å². The van der Waals surface area contributed by atoms with Crippen LogP contribution in [0.2, 0.25) is 0 Å². The van der Waals surface area contributed by atoms with Crippen LogP contribution in [-0.2, 0) is 24.2 Å². The Bertz CT molecular complexity index is 1730. The third kappa shape index (κ3) is 9.91. The number of ether oxygens (including phenoxy) is 2. The van der Waals surface area contributed by atoms with Crippen LogP contribution in [0.5, 0.6) is 5.75 Å². The number of halogens is 3. The molecule has 1 aromatic heterocycles. The Morgan fingerprint density at radius 3 is 2.32 bits per heavy atom. The molecule has 0 radical (unpaired) electrons. The quantitative estimate of drug-likeness (QED) is 0.322. The van der Waals surface area contributed by atoms with Crippen LogP contribution in [0.3, 0.4) is 0 Å². The zero-order valence-corrected chi connectivity index (χ0v) is 28.2. The predicted octanol–water partition coefficient (Wildman–Crippen LogP) is 2.86. The van der Waals surface area contributed by atoms with Gasteiger partial charge in [0.2, 0.25) is 5.82 Å². The van der Waals surface area contributed by atoms with E-state index in [2.05, 4.69) is 20.8 Å². The standard InChI is InChI=1S/C21H19F3N4O5S.C10H18N2O4/c22-21(23,24)34(30,31)16-8-6-14(7-9-16)19-26-20(33-27-19)17-12-25-10-11-28(17)18(29)13-32-15-4-2-1-3-5-15;1-10(2,3)16-9(15)12-5-4-11-7(6-12)8(13)14/h1-9,17,25H,10-13H2;7,11H,4-6H2,1-3H3,(H,13,14). The molecule has 2 aliphatic heterocycles. The van der Waals surface area contributed by atoms with E-state index in [1.165, 1.54) is 4.90 Å². The predicted molar refractivity (Wildman–Crippen MR) is 169 cm³/mol. The van der Waals surface area contributed by atoms with Gasteiger partial charge in [0.15, 0.2) is 6.61 Å². The number of alkyl halides is 3. The second-order valence-corrected chi connectivity index (χ2v) is 14.1. The number of carboxylic acids is 1. The first-order valence-corrected chi connectivity index (χ1v) is 16.8. The Morgan fingerprint density at radius 1 is 1.02 bits per heavy atom. The fraction of sp³-hybridized carbons (Fsp3) is 0.452. The summed E-state index contributed by atoms with van der Waals surface area (Å²) in [5, 5.41) is 18.6. The van der Waals surface area contributed by atoms with Crippen molar-refractivity contribution >= 4 is 27.8 Å². The first kappa shape index (κ1) is 38.1. The zero-order chi connectivity index (χ0) is 36.7. The number of amides is 2. The second kappa shape index (κ2) is 15.9. The first-order chi connectivity index (χ1) is 23.5. The van der Waals surface area contributed by atoms with Crippen LogP contribution in [0.1, 0.15) is 32.7 Å². The number of aromatic nitrogens is 2. The Balaban J connectivity index is 0.000000295. The summed E-state index contributed by atoms with van der Waals surface area (Å²) in [5.41, 5.74) is -5.70. The summed E-state index contributed by atoms with van der Waals surface area (Å²) < 4.78 is 77.3. The van der Waals surface area contributed by atoms with Crippen LogP contribution in [0.25, 0.3) is 11.4 Å². The Hall–Kier alpha value is -4.75. The van der Waals surface area contributed by atoms with Crippen molar-refractivity contribution < 1.29 is 55.1 Å². The third-order valence-electron chi connectivity index (χ3n) is 7.25. The van der Waals surface area contributed by atoms with Gasteiger partial charge in [-0.3, -0.25) is 9.59 Å². The van der Waals surface area contributed by atoms with E-state index in [9.17, 15) is 36.0 Å². The zero-order valence-electron chi connectivity index (χ0n) is 27.3. The number of carboxylic acid groups (broad SMARTS) is 1. The van der Waals surface area contributed by atoms with Crippen LogP contribution in [0, 0.1) is 0 Å². The highest BCUT2D eigenvalue weighted by molar-refractivity contribution is 7.92. The lowest BCUT2D eigenvalue weighted by atomic mass is 10.2. The van der Waals surface area contributed by atoms with Gasteiger partial charge in [0.25, 0.3) is 21.6 Å². The van der Waals surface area contributed by atoms with Crippen LogP contribution in [-0.4, -0.2) is 114 Å². The third-order valence-corrected chi connectivity index (χ3v) is 8.75. The maximum atomic E-state index is 12.8. The van der Waals surface area contributed by atoms with Gasteiger partial charge < -0.3 is 39.5 Å². The summed E-state index contributed by atoms with van der Waals surface area (Å²) >= 11 is 0. The van der Waals surface area contributed by atoms with Gasteiger partial charge in [0.05, 0.1) is 11.4 Å². The minimum absolute atomic E-state index is 0.0458. The van der Waals surface area contributed by atoms with Gasteiger partial charge in [0.1, 0.15) is 23.4 Å². The van der Waals surface area contributed by atoms with E-state index in [0.717, 1.165) is 24.3 Å². The molecule has 2 fully saturated rings. The van der Waals surface area contributed by atoms with E-state index in [0.29, 0.717) is 38.5 Å². The molecule has 0 bridgehead atoms. The molecule has 5 rings (SSSR count). The van der Waals surface area contributed by atoms with Crippen LogP contribution in [0.4, 0.5) is 18.0 Å². The number of carbonyl (C=O) groups excluding carboxylic acids is 2. The molecule has 2 unspecified atom stereocenters. The van der Waals surface area contributed by atoms with Gasteiger partial charge in [-0.15, -0.1) is 0 Å². The number of para-hydroxylation sites is 1. The van der Waals surface area contributed by atoms with Crippen LogP contribution in [0.15, 0.2) is 64.0 Å². The number of hydrogen-bond acceptors (Lipinski definition) is 12. The van der Waals surface area contributed by atoms with Gasteiger partial charge in [-0.1, -0.05) is 23.4 Å². The SMILES string of the molecule is CC(C)(C)OC(=O)N1CCNC(C(=O)O)C1.O=C(COc1ccccc1)N1CCNCC1c1nc(-c2ccc(S(=O)(=O)C(F)(F)F)cc2)no1. The van der Waals surface area contributed by atoms with E-state index < -0.39 is 50.0 Å². The van der Waals surface area contributed by atoms with Crippen molar-refractivity contribution in [3.63, 3.8) is 0 Å². The number of aliphatic carboxylic acids is 1. The molecule has 3 heterocycles. The molecular formula is C31H37F3N6O9S. The minimum atomic E-state index is -5.46. The Labute approximate surface area is 285 Å². The summed E-state index contributed by atoms with van der Waals surface area (Å²) in [5.74, 6) is -0.504. The topological polar surface area (TPSA) is 193 Å². The normalized spacial score (nSPS) is 18.4. The van der Waals surface area contributed by atoms with E-state index in [-0.39, 0.29) is 36.3 Å². The molecule has 3 aromatic rings. The van der Waals surface area contributed by atoms with Gasteiger partial charge in [-0.2, -0.15) is 18.2 Å². The first-order valence-electron chi connectivity index (χ1n) is 15.3. The average molecular weight is 727 g/mol. The molecule has 2 amide bonds. The molecule has 19 heteroatoms. The van der Waals surface area contributed by atoms with Crippen molar-refractivity contribution in [1.82, 2.24) is 30.6 Å². The fourth-order valence-corrected chi connectivity index (χ4v) is 5.54. The molecule has 2 aliphatic rings. The molecule has 2 aromatic carbocycles. The molecule has 2 saturated heterocycles. The van der Waals surface area contributed by atoms with Gasteiger partial charge in [-0.05, 0) is 57.2 Å². The lowest BCUT2D eigenvalue weighted by Gasteiger charge is -2.33. The van der Waals surface area contributed by atoms with Crippen LogP contribution < -0.4 is 15.4 Å². The van der Waals surface area contributed by atoms with Crippen molar-refractivity contribution in [2.45, 2.75) is 48.9 Å². The number of sulfone groups is 1. The lowest BCUT2D eigenvalue weighted by molar-refractivity contribution is -0.140. The van der Waals surface area contributed by atoms with Gasteiger partial charge >= 0.3 is 17.6 Å². The van der Waals surface area contributed by atoms with Crippen molar-refractivity contribution in [1.29, 1.82) is 0 Å². The summed E-state index contributed by atoms with van der Waals surface area (Å²) in [6.45, 7) is 7.52. The highest BCUT2D eigenvalue weighted by Gasteiger charge is 2.46. The molecule has 15 nitrogen and oxygen atoms in total. The Kier molecular flexibility index (Phi) is 12.1. The summed E-state index contributed by atoms with van der Waals surface area (Å²) in [6, 6.07) is 11.6. The molecule has 3 N–H and O–H groups in total. The molecule has 272 valence electrons. The van der Waals surface area contributed by atoms with Crippen molar-refractivity contribution in [3.8, 4) is 17.1 Å². The average Bonchev–Trinajstić information content (AvgIpc) is 3.57. The number of carbonyl (C=O) groups is 3. The van der Waals surface area contributed by atoms with Crippen molar-refractivity contribution in [3.05, 3.63) is 60.5 Å². The summed E-state index contributed by atoms with van der Waals surface area (Å²) in [7, 11) is -5.46. The largest absolute Gasteiger partial charge is 0.501 e. The fourth-order valence-electron chi connectivity index (χ4n) is 4.78. The number of nitrogens with zero attached hydrogens (tertiary/aromatic N) is 4. The maximum Gasteiger partial charge on any atom is 0.501 e. The molecule has 2 atom stereocenters. The lowest BCUT2D eigenvalue weighted by Crippen LogP contribution is -2.56. The molecule has 0 saturated carbocycles. The van der Waals surface area contributed by atoms with E-state index >= 15 is 0 Å². The number of benzene rings is 2. The van der Waals surface area contributed by atoms with Crippen molar-refractivity contribution in [2.24, 2.45) is 0 Å². The monoisotopic (exact) mass is 726 g/mol. The van der Waals surface area contributed by atoms with E-state index in [1.807, 2.05) is 6.07 Å². The van der Waals surface area contributed by atoms with Crippen LogP contribution >= 0.6 is 0 Å². The highest BCUT2D eigenvalue weighted by atomic mass is 32.2. The number of piperazine rings is 2. The van der Waals surface area contributed by atoms with Gasteiger partial charge in [0, 0.05) is 38.3 Å². The molecular weight excluding hydrogens is 689 g/mol. The number of hydrogen-bond donors (Lipinski definition) is 3. The molecule has 0 aliphatic carbocycles. The molecule has 50 heavy (non-hydrogen) atoms. The van der Waals surface area contributed by atoms with Gasteiger partial charge in [-0.25, -0.2) is 13.2 Å². The number of nitrogens with one attached hydrogen (secondary N) is 2. The summed E-state index contributed by atoms with van der Waals surface area (Å²) in [6.07, 6.45) is -0.458. The molecule has 0 spiro atoms. The highest BCUT2D eigenvalue weighted by Crippen LogP contribution is 2.31. The maximum absolute atomic E-state index is 12.8. The minimum Gasteiger partial charge on any atom is -0.484 e. The second-order valence-electron chi connectivity index (χ2n) is 12.1. The van der Waals surface area contributed by atoms with E-state index in [1.54, 1.807) is 49.9 Å². The summed E-state index contributed by atoms with van der Waals surface area (Å²) in [4.78, 5) is 41.6.